The molecule has 132 valence electrons. The van der Waals surface area contributed by atoms with Crippen LogP contribution in [-0.2, 0) is 13.0 Å². The van der Waals surface area contributed by atoms with Crippen molar-refractivity contribution in [2.75, 3.05) is 6.61 Å². The van der Waals surface area contributed by atoms with Crippen molar-refractivity contribution < 1.29 is 4.74 Å². The fraction of sp³-hybridized carbons (Fsp3) is 0.526. The van der Waals surface area contributed by atoms with Gasteiger partial charge in [-0.1, -0.05) is 62.4 Å². The maximum atomic E-state index is 6.31. The minimum absolute atomic E-state index is 0.634. The lowest BCUT2D eigenvalue weighted by atomic mass is 10.1. The van der Waals surface area contributed by atoms with Crippen LogP contribution < -0.4 is 4.74 Å². The molecule has 0 atom stereocenters. The van der Waals surface area contributed by atoms with Crippen LogP contribution in [0, 0.1) is 0 Å². The molecule has 0 aliphatic heterocycles. The summed E-state index contributed by atoms with van der Waals surface area (Å²) < 4.78 is 7.78. The number of hydrogen-bond donors (Lipinski definition) is 0. The van der Waals surface area contributed by atoms with E-state index in [1.807, 2.05) is 16.8 Å². The highest BCUT2D eigenvalue weighted by Gasteiger charge is 2.11. The van der Waals surface area contributed by atoms with E-state index in [1.165, 1.54) is 18.5 Å². The standard InChI is InChI=1S/C19H26Cl2N2O/c1-3-5-7-8-17-13-19(24-11-6-4-2)22-23(17)14-15-9-10-16(20)12-18(15)21/h9-10,12-13H,3-8,11,14H2,1-2H3. The molecule has 3 nitrogen and oxygen atoms in total. The van der Waals surface area contributed by atoms with Crippen LogP contribution in [0.5, 0.6) is 5.88 Å². The Hall–Kier alpha value is -1.19. The number of halogens is 2. The Morgan fingerprint density at radius 1 is 1.04 bits per heavy atom. The third kappa shape index (κ3) is 5.71. The van der Waals surface area contributed by atoms with Gasteiger partial charge < -0.3 is 4.74 Å². The summed E-state index contributed by atoms with van der Waals surface area (Å²) in [5.74, 6) is 0.708. The normalized spacial score (nSPS) is 11.0. The third-order valence-electron chi connectivity index (χ3n) is 3.96. The number of unbranched alkanes of at least 4 members (excludes halogenated alkanes) is 3. The summed E-state index contributed by atoms with van der Waals surface area (Å²) >= 11 is 12.3. The first-order valence-corrected chi connectivity index (χ1v) is 9.53. The first-order chi connectivity index (χ1) is 11.6. The molecule has 0 aliphatic carbocycles. The molecule has 1 aromatic carbocycles. The van der Waals surface area contributed by atoms with E-state index in [9.17, 15) is 0 Å². The molecular weight excluding hydrogens is 343 g/mol. The second-order valence-corrected chi connectivity index (χ2v) is 6.87. The number of benzene rings is 1. The van der Waals surface area contributed by atoms with Crippen LogP contribution in [0.4, 0.5) is 0 Å². The Morgan fingerprint density at radius 2 is 1.83 bits per heavy atom. The highest BCUT2D eigenvalue weighted by Crippen LogP contribution is 2.23. The predicted octanol–water partition coefficient (Wildman–Crippen LogP) is 6.15. The van der Waals surface area contributed by atoms with Gasteiger partial charge in [-0.25, -0.2) is 0 Å². The number of hydrogen-bond acceptors (Lipinski definition) is 2. The van der Waals surface area contributed by atoms with Crippen molar-refractivity contribution in [3.63, 3.8) is 0 Å². The van der Waals surface area contributed by atoms with Crippen LogP contribution in [0.25, 0.3) is 0 Å². The molecule has 0 saturated heterocycles. The lowest BCUT2D eigenvalue weighted by molar-refractivity contribution is 0.294. The maximum Gasteiger partial charge on any atom is 0.233 e. The second kappa shape index (κ2) is 9.95. The van der Waals surface area contributed by atoms with Crippen molar-refractivity contribution in [1.29, 1.82) is 0 Å². The zero-order chi connectivity index (χ0) is 17.4. The van der Waals surface area contributed by atoms with E-state index in [0.29, 0.717) is 29.1 Å². The molecule has 1 heterocycles. The second-order valence-electron chi connectivity index (χ2n) is 6.03. The summed E-state index contributed by atoms with van der Waals surface area (Å²) in [7, 11) is 0. The van der Waals surface area contributed by atoms with Gasteiger partial charge in [0.15, 0.2) is 0 Å². The highest BCUT2D eigenvalue weighted by molar-refractivity contribution is 6.35. The number of aryl methyl sites for hydroxylation is 1. The first-order valence-electron chi connectivity index (χ1n) is 8.77. The molecule has 0 amide bonds. The van der Waals surface area contributed by atoms with Crippen LogP contribution in [0.1, 0.15) is 57.2 Å². The van der Waals surface area contributed by atoms with Crippen LogP contribution in [0.2, 0.25) is 10.0 Å². The van der Waals surface area contributed by atoms with Gasteiger partial charge in [0.1, 0.15) is 0 Å². The fourth-order valence-electron chi connectivity index (χ4n) is 2.53. The topological polar surface area (TPSA) is 27.1 Å². The van der Waals surface area contributed by atoms with E-state index in [2.05, 4.69) is 25.0 Å². The molecule has 0 spiro atoms. The van der Waals surface area contributed by atoms with Crippen LogP contribution in [0.3, 0.4) is 0 Å². The van der Waals surface area contributed by atoms with E-state index >= 15 is 0 Å². The van der Waals surface area contributed by atoms with Gasteiger partial charge in [0.2, 0.25) is 5.88 Å². The van der Waals surface area contributed by atoms with Gasteiger partial charge in [-0.2, -0.15) is 0 Å². The Balaban J connectivity index is 2.14. The predicted molar refractivity (Wildman–Crippen MR) is 101 cm³/mol. The quantitative estimate of drug-likeness (QED) is 0.470. The van der Waals surface area contributed by atoms with Crippen molar-refractivity contribution in [2.45, 2.75) is 58.9 Å². The van der Waals surface area contributed by atoms with E-state index in [0.717, 1.165) is 31.2 Å². The van der Waals surface area contributed by atoms with Gasteiger partial charge in [0.05, 0.1) is 13.2 Å². The SMILES string of the molecule is CCCCCc1cc(OCCCC)nn1Cc1ccc(Cl)cc1Cl. The number of aromatic nitrogens is 2. The van der Waals surface area contributed by atoms with Crippen molar-refractivity contribution in [2.24, 2.45) is 0 Å². The number of nitrogens with zero attached hydrogens (tertiary/aromatic N) is 2. The van der Waals surface area contributed by atoms with Crippen LogP contribution in [-0.4, -0.2) is 16.4 Å². The smallest absolute Gasteiger partial charge is 0.233 e. The molecule has 0 aliphatic rings. The maximum absolute atomic E-state index is 6.31. The molecule has 0 radical (unpaired) electrons. The van der Waals surface area contributed by atoms with Gasteiger partial charge >= 0.3 is 0 Å². The molecule has 0 N–H and O–H groups in total. The fourth-order valence-corrected chi connectivity index (χ4v) is 2.99. The average molecular weight is 369 g/mol. The van der Waals surface area contributed by atoms with Crippen molar-refractivity contribution in [1.82, 2.24) is 9.78 Å². The minimum atomic E-state index is 0.634. The zero-order valence-electron chi connectivity index (χ0n) is 14.5. The highest BCUT2D eigenvalue weighted by atomic mass is 35.5. The Bertz CT molecular complexity index is 640. The van der Waals surface area contributed by atoms with Crippen molar-refractivity contribution in [3.8, 4) is 5.88 Å². The average Bonchev–Trinajstić information content (AvgIpc) is 2.93. The Kier molecular flexibility index (Phi) is 7.93. The van der Waals surface area contributed by atoms with Crippen molar-refractivity contribution >= 4 is 23.2 Å². The van der Waals surface area contributed by atoms with Gasteiger partial charge in [-0.3, -0.25) is 4.68 Å². The van der Waals surface area contributed by atoms with E-state index < -0.39 is 0 Å². The molecule has 0 bridgehead atoms. The van der Waals surface area contributed by atoms with Gasteiger partial charge in [-0.05, 0) is 37.0 Å². The molecule has 0 saturated carbocycles. The van der Waals surface area contributed by atoms with Crippen molar-refractivity contribution in [3.05, 3.63) is 45.6 Å². The Morgan fingerprint density at radius 3 is 2.54 bits per heavy atom. The molecule has 0 unspecified atom stereocenters. The lowest BCUT2D eigenvalue weighted by Crippen LogP contribution is -2.07. The summed E-state index contributed by atoms with van der Waals surface area (Å²) in [4.78, 5) is 0. The summed E-state index contributed by atoms with van der Waals surface area (Å²) in [5, 5.41) is 5.94. The van der Waals surface area contributed by atoms with E-state index in [1.54, 1.807) is 6.07 Å². The van der Waals surface area contributed by atoms with E-state index in [-0.39, 0.29) is 0 Å². The van der Waals surface area contributed by atoms with E-state index in [4.69, 9.17) is 27.9 Å². The molecule has 24 heavy (non-hydrogen) atoms. The zero-order valence-corrected chi connectivity index (χ0v) is 16.0. The minimum Gasteiger partial charge on any atom is -0.477 e. The Labute approximate surface area is 154 Å². The summed E-state index contributed by atoms with van der Waals surface area (Å²) in [6.45, 7) is 5.71. The summed E-state index contributed by atoms with van der Waals surface area (Å²) in [6, 6.07) is 7.66. The van der Waals surface area contributed by atoms with Crippen LogP contribution in [0.15, 0.2) is 24.3 Å². The molecule has 2 rings (SSSR count). The largest absolute Gasteiger partial charge is 0.477 e. The summed E-state index contributed by atoms with van der Waals surface area (Å²) in [6.07, 6.45) is 6.75. The number of rotatable bonds is 10. The first kappa shape index (κ1) is 19.1. The molecule has 5 heteroatoms. The molecular formula is C19H26Cl2N2O. The number of ether oxygens (including phenoxy) is 1. The lowest BCUT2D eigenvalue weighted by Gasteiger charge is -2.09. The van der Waals surface area contributed by atoms with Gasteiger partial charge in [-0.15, -0.1) is 5.10 Å². The molecule has 1 aromatic heterocycles. The molecule has 0 fully saturated rings. The molecule has 2 aromatic rings. The third-order valence-corrected chi connectivity index (χ3v) is 4.55. The van der Waals surface area contributed by atoms with Gasteiger partial charge in [0.25, 0.3) is 0 Å². The van der Waals surface area contributed by atoms with Gasteiger partial charge in [0, 0.05) is 21.8 Å². The van der Waals surface area contributed by atoms with Crippen LogP contribution >= 0.6 is 23.2 Å². The summed E-state index contributed by atoms with van der Waals surface area (Å²) in [5.41, 5.74) is 2.21. The monoisotopic (exact) mass is 368 g/mol.